The molecule has 4 nitrogen and oxygen atoms in total. The predicted octanol–water partition coefficient (Wildman–Crippen LogP) is 2.81. The van der Waals surface area contributed by atoms with Crippen molar-refractivity contribution in [2.75, 3.05) is 6.54 Å². The summed E-state index contributed by atoms with van der Waals surface area (Å²) in [6.45, 7) is -0.628. The van der Waals surface area contributed by atoms with Crippen LogP contribution >= 0.6 is 0 Å². The summed E-state index contributed by atoms with van der Waals surface area (Å²) in [6, 6.07) is 6.78. The van der Waals surface area contributed by atoms with E-state index in [0.29, 0.717) is 23.6 Å². The number of hydrogen-bond donors (Lipinski definition) is 1. The van der Waals surface area contributed by atoms with E-state index in [2.05, 4.69) is 4.98 Å². The highest BCUT2D eigenvalue weighted by Crippen LogP contribution is 2.32. The van der Waals surface area contributed by atoms with E-state index in [0.717, 1.165) is 4.90 Å². The van der Waals surface area contributed by atoms with Crippen molar-refractivity contribution in [1.82, 2.24) is 9.88 Å². The van der Waals surface area contributed by atoms with Crippen LogP contribution < -0.4 is 0 Å². The van der Waals surface area contributed by atoms with Crippen molar-refractivity contribution in [3.63, 3.8) is 0 Å². The maximum Gasteiger partial charge on any atom is 0.276 e. The van der Waals surface area contributed by atoms with E-state index in [1.165, 1.54) is 6.20 Å². The summed E-state index contributed by atoms with van der Waals surface area (Å²) < 4.78 is 25.3. The van der Waals surface area contributed by atoms with Gasteiger partial charge in [0.25, 0.3) is 12.3 Å². The molecule has 1 heterocycles. The molecule has 0 saturated heterocycles. The summed E-state index contributed by atoms with van der Waals surface area (Å²) in [7, 11) is 0. The van der Waals surface area contributed by atoms with Gasteiger partial charge in [-0.05, 0) is 12.8 Å². The van der Waals surface area contributed by atoms with E-state index in [1.807, 2.05) is 0 Å². The van der Waals surface area contributed by atoms with Gasteiger partial charge in [0.05, 0.1) is 6.54 Å². The molecule has 0 unspecified atom stereocenters. The number of hydrogen-bond acceptors (Lipinski definition) is 3. The second kappa shape index (κ2) is 5.27. The number of carbonyl (C=O) groups is 1. The number of benzene rings is 1. The van der Waals surface area contributed by atoms with Gasteiger partial charge in [-0.2, -0.15) is 0 Å². The largest absolute Gasteiger partial charge is 0.505 e. The van der Waals surface area contributed by atoms with Gasteiger partial charge in [0.15, 0.2) is 11.4 Å². The van der Waals surface area contributed by atoms with E-state index >= 15 is 0 Å². The number of nitrogens with zero attached hydrogens (tertiary/aromatic N) is 2. The Morgan fingerprint density at radius 1 is 1.38 bits per heavy atom. The zero-order valence-corrected chi connectivity index (χ0v) is 11.2. The molecular formula is C15H14F2N2O2. The summed E-state index contributed by atoms with van der Waals surface area (Å²) >= 11 is 0. The molecular weight excluding hydrogens is 278 g/mol. The van der Waals surface area contributed by atoms with Crippen LogP contribution in [0.25, 0.3) is 10.8 Å². The molecule has 1 aliphatic rings. The lowest BCUT2D eigenvalue weighted by atomic mass is 10.1. The van der Waals surface area contributed by atoms with Gasteiger partial charge >= 0.3 is 0 Å². The molecule has 1 N–H and O–H groups in total. The summed E-state index contributed by atoms with van der Waals surface area (Å²) in [5.41, 5.74) is -0.166. The topological polar surface area (TPSA) is 53.4 Å². The van der Waals surface area contributed by atoms with Crippen molar-refractivity contribution >= 4 is 16.7 Å². The van der Waals surface area contributed by atoms with Crippen LogP contribution in [0, 0.1) is 0 Å². The van der Waals surface area contributed by atoms with E-state index in [1.54, 1.807) is 24.3 Å². The van der Waals surface area contributed by atoms with Gasteiger partial charge in [-0.3, -0.25) is 4.79 Å². The highest BCUT2D eigenvalue weighted by Gasteiger charge is 2.36. The Balaban J connectivity index is 1.98. The Morgan fingerprint density at radius 3 is 2.76 bits per heavy atom. The number of halogens is 2. The maximum absolute atomic E-state index is 12.6. The first-order chi connectivity index (χ1) is 10.1. The van der Waals surface area contributed by atoms with Gasteiger partial charge in [-0.1, -0.05) is 24.3 Å². The number of amides is 1. The predicted molar refractivity (Wildman–Crippen MR) is 73.5 cm³/mol. The number of rotatable bonds is 4. The number of alkyl halides is 2. The summed E-state index contributed by atoms with van der Waals surface area (Å²) in [4.78, 5) is 17.5. The SMILES string of the molecule is O=C(c1ncc2ccccc2c1O)N(CC(F)F)C1CC1. The second-order valence-electron chi connectivity index (χ2n) is 5.12. The molecule has 1 amide bonds. The quantitative estimate of drug-likeness (QED) is 0.942. The van der Waals surface area contributed by atoms with Gasteiger partial charge in [0, 0.05) is 23.0 Å². The van der Waals surface area contributed by atoms with Crippen molar-refractivity contribution in [3.05, 3.63) is 36.2 Å². The number of aromatic nitrogens is 1. The standard InChI is InChI=1S/C15H14F2N2O2/c16-12(17)8-19(10-5-6-10)15(21)13-14(20)11-4-2-1-3-9(11)7-18-13/h1-4,7,10,12,20H,5-6,8H2. The van der Waals surface area contributed by atoms with Crippen molar-refractivity contribution in [3.8, 4) is 5.75 Å². The molecule has 1 aliphatic carbocycles. The monoisotopic (exact) mass is 292 g/mol. The third-order valence-electron chi connectivity index (χ3n) is 3.56. The third-order valence-corrected chi connectivity index (χ3v) is 3.56. The second-order valence-corrected chi connectivity index (χ2v) is 5.12. The zero-order chi connectivity index (χ0) is 15.0. The lowest BCUT2D eigenvalue weighted by Crippen LogP contribution is -2.37. The molecule has 21 heavy (non-hydrogen) atoms. The molecule has 0 aliphatic heterocycles. The Hall–Kier alpha value is -2.24. The molecule has 6 heteroatoms. The van der Waals surface area contributed by atoms with Crippen LogP contribution in [0.15, 0.2) is 30.5 Å². The Morgan fingerprint density at radius 2 is 2.10 bits per heavy atom. The number of aromatic hydroxyl groups is 1. The molecule has 1 aromatic carbocycles. The molecule has 0 bridgehead atoms. The smallest absolute Gasteiger partial charge is 0.276 e. The van der Waals surface area contributed by atoms with Crippen LogP contribution in [0.1, 0.15) is 23.3 Å². The minimum atomic E-state index is -2.60. The molecule has 1 aromatic heterocycles. The Kier molecular flexibility index (Phi) is 3.45. The number of fused-ring (bicyclic) bond motifs is 1. The van der Waals surface area contributed by atoms with Crippen LogP contribution in [0.3, 0.4) is 0 Å². The van der Waals surface area contributed by atoms with Crippen molar-refractivity contribution in [2.45, 2.75) is 25.3 Å². The van der Waals surface area contributed by atoms with Crippen LogP contribution in [0.5, 0.6) is 5.75 Å². The summed E-state index contributed by atoms with van der Waals surface area (Å²) in [6.07, 6.45) is 0.298. The normalized spacial score (nSPS) is 14.6. The molecule has 3 rings (SSSR count). The van der Waals surface area contributed by atoms with Gasteiger partial charge in [-0.15, -0.1) is 0 Å². The highest BCUT2D eigenvalue weighted by molar-refractivity contribution is 6.01. The first kappa shape index (κ1) is 13.7. The summed E-state index contributed by atoms with van der Waals surface area (Å²) in [5, 5.41) is 11.4. The van der Waals surface area contributed by atoms with Crippen molar-refractivity contribution in [1.29, 1.82) is 0 Å². The molecule has 0 atom stereocenters. The van der Waals surface area contributed by atoms with Gasteiger partial charge < -0.3 is 10.0 Å². The highest BCUT2D eigenvalue weighted by atomic mass is 19.3. The van der Waals surface area contributed by atoms with Gasteiger partial charge in [0.2, 0.25) is 0 Å². The minimum absolute atomic E-state index is 0.166. The molecule has 1 fully saturated rings. The average Bonchev–Trinajstić information content (AvgIpc) is 3.29. The van der Waals surface area contributed by atoms with Crippen LogP contribution in [-0.4, -0.2) is 39.9 Å². The lowest BCUT2D eigenvalue weighted by Gasteiger charge is -2.22. The Labute approximate surface area is 120 Å². The molecule has 2 aromatic rings. The molecule has 0 radical (unpaired) electrons. The third kappa shape index (κ3) is 2.66. The van der Waals surface area contributed by atoms with E-state index in [4.69, 9.17) is 0 Å². The van der Waals surface area contributed by atoms with E-state index in [9.17, 15) is 18.7 Å². The van der Waals surface area contributed by atoms with Crippen LogP contribution in [-0.2, 0) is 0 Å². The fraction of sp³-hybridized carbons (Fsp3) is 0.333. The van der Waals surface area contributed by atoms with E-state index in [-0.39, 0.29) is 17.5 Å². The van der Waals surface area contributed by atoms with Crippen molar-refractivity contribution in [2.24, 2.45) is 0 Å². The van der Waals surface area contributed by atoms with Crippen LogP contribution in [0.4, 0.5) is 8.78 Å². The first-order valence-electron chi connectivity index (χ1n) is 6.73. The van der Waals surface area contributed by atoms with Gasteiger partial charge in [-0.25, -0.2) is 13.8 Å². The summed E-state index contributed by atoms with van der Waals surface area (Å²) in [5.74, 6) is -0.890. The number of pyridine rings is 1. The lowest BCUT2D eigenvalue weighted by molar-refractivity contribution is 0.0526. The zero-order valence-electron chi connectivity index (χ0n) is 11.2. The van der Waals surface area contributed by atoms with E-state index < -0.39 is 18.9 Å². The fourth-order valence-electron chi connectivity index (χ4n) is 2.37. The molecule has 0 spiro atoms. The minimum Gasteiger partial charge on any atom is -0.505 e. The average molecular weight is 292 g/mol. The van der Waals surface area contributed by atoms with Gasteiger partial charge in [0.1, 0.15) is 0 Å². The first-order valence-corrected chi connectivity index (χ1v) is 6.73. The molecule has 1 saturated carbocycles. The van der Waals surface area contributed by atoms with Crippen molar-refractivity contribution < 1.29 is 18.7 Å². The molecule has 110 valence electrons. The fourth-order valence-corrected chi connectivity index (χ4v) is 2.37. The Bertz CT molecular complexity index is 686. The van der Waals surface area contributed by atoms with Crippen LogP contribution in [0.2, 0.25) is 0 Å². The number of carbonyl (C=O) groups excluding carboxylic acids is 1. The maximum atomic E-state index is 12.6.